The molecule has 0 aliphatic rings. The number of benzene rings is 2. The van der Waals surface area contributed by atoms with E-state index in [-0.39, 0.29) is 5.43 Å². The lowest BCUT2D eigenvalue weighted by atomic mass is 9.98. The van der Waals surface area contributed by atoms with Crippen molar-refractivity contribution in [3.63, 3.8) is 0 Å². The van der Waals surface area contributed by atoms with E-state index in [0.29, 0.717) is 17.5 Å². The molecular weight excluding hydrogens is 298 g/mol. The van der Waals surface area contributed by atoms with Gasteiger partial charge in [0.15, 0.2) is 5.43 Å². The highest BCUT2D eigenvalue weighted by Crippen LogP contribution is 2.25. The molecule has 0 aliphatic carbocycles. The quantitative estimate of drug-likeness (QED) is 0.492. The molecule has 4 heteroatoms. The van der Waals surface area contributed by atoms with E-state index in [1.807, 2.05) is 38.1 Å². The van der Waals surface area contributed by atoms with Crippen molar-refractivity contribution in [2.24, 2.45) is 0 Å². The Kier molecular flexibility index (Phi) is 3.20. The van der Waals surface area contributed by atoms with Gasteiger partial charge in [-0.15, -0.1) is 0 Å². The number of nitrogen functional groups attached to an aromatic ring is 1. The number of hydrogen-bond acceptors (Lipinski definition) is 2. The summed E-state index contributed by atoms with van der Waals surface area (Å²) >= 11 is 0. The summed E-state index contributed by atoms with van der Waals surface area (Å²) < 4.78 is 0. The van der Waals surface area contributed by atoms with Gasteiger partial charge in [0.25, 0.3) is 0 Å². The van der Waals surface area contributed by atoms with Gasteiger partial charge in [0, 0.05) is 40.0 Å². The number of pyridine rings is 1. The summed E-state index contributed by atoms with van der Waals surface area (Å²) in [6, 6.07) is 13.7. The van der Waals surface area contributed by atoms with Gasteiger partial charge < -0.3 is 15.7 Å². The van der Waals surface area contributed by atoms with Crippen molar-refractivity contribution >= 4 is 27.5 Å². The van der Waals surface area contributed by atoms with Crippen LogP contribution in [0.1, 0.15) is 22.5 Å². The average Bonchev–Trinajstić information content (AvgIpc) is 2.86. The number of H-pyrrole nitrogens is 2. The van der Waals surface area contributed by atoms with Crippen LogP contribution in [0.2, 0.25) is 0 Å². The molecule has 0 spiro atoms. The fraction of sp³-hybridized carbons (Fsp3) is 0.150. The van der Waals surface area contributed by atoms with E-state index in [4.69, 9.17) is 5.73 Å². The minimum Gasteiger partial charge on any atom is -0.398 e. The molecular formula is C20H19N3O. The number of nitrogens with two attached hydrogens (primary N) is 1. The molecule has 4 aromatic rings. The molecule has 24 heavy (non-hydrogen) atoms. The lowest BCUT2D eigenvalue weighted by molar-refractivity contribution is 1.07. The number of aryl methyl sites for hydroxylation is 2. The molecule has 120 valence electrons. The van der Waals surface area contributed by atoms with E-state index in [0.717, 1.165) is 38.9 Å². The Balaban J connectivity index is 1.95. The van der Waals surface area contributed by atoms with Crippen molar-refractivity contribution in [1.82, 2.24) is 9.97 Å². The van der Waals surface area contributed by atoms with Crippen LogP contribution in [0, 0.1) is 13.8 Å². The van der Waals surface area contributed by atoms with E-state index >= 15 is 0 Å². The molecule has 0 amide bonds. The first-order valence-electron chi connectivity index (χ1n) is 8.02. The molecule has 0 fully saturated rings. The van der Waals surface area contributed by atoms with Crippen molar-refractivity contribution in [3.05, 3.63) is 75.2 Å². The number of anilines is 1. The Hall–Kier alpha value is -3.01. The highest BCUT2D eigenvalue weighted by molar-refractivity contribution is 5.91. The third kappa shape index (κ3) is 2.11. The Morgan fingerprint density at radius 2 is 1.54 bits per heavy atom. The number of fused-ring (bicyclic) bond motifs is 2. The van der Waals surface area contributed by atoms with Gasteiger partial charge >= 0.3 is 0 Å². The minimum absolute atomic E-state index is 0.0176. The van der Waals surface area contributed by atoms with Crippen LogP contribution in [0.15, 0.2) is 47.3 Å². The molecule has 0 radical (unpaired) electrons. The fourth-order valence-electron chi connectivity index (χ4n) is 3.48. The second-order valence-electron chi connectivity index (χ2n) is 6.28. The maximum absolute atomic E-state index is 13.0. The van der Waals surface area contributed by atoms with Crippen LogP contribution in [0.4, 0.5) is 5.69 Å². The van der Waals surface area contributed by atoms with Crippen LogP contribution in [-0.2, 0) is 6.42 Å². The predicted octanol–water partition coefficient (Wildman–Crippen LogP) is 3.80. The number of nitrogens with one attached hydrogen (secondary N) is 2. The fourth-order valence-corrected chi connectivity index (χ4v) is 3.48. The van der Waals surface area contributed by atoms with Gasteiger partial charge in [-0.1, -0.05) is 24.3 Å². The lowest BCUT2D eigenvalue weighted by Gasteiger charge is -2.10. The molecule has 0 aliphatic heterocycles. The number of aromatic nitrogens is 2. The predicted molar refractivity (Wildman–Crippen MR) is 99.6 cm³/mol. The SMILES string of the molecule is Cc1[nH]c2cccc(N)c2c(=O)c1Cc1c(C)[nH]c2ccccc12. The maximum Gasteiger partial charge on any atom is 0.195 e. The molecule has 0 saturated heterocycles. The Morgan fingerprint density at radius 1 is 0.875 bits per heavy atom. The number of para-hydroxylation sites is 1. The van der Waals surface area contributed by atoms with E-state index in [2.05, 4.69) is 22.1 Å². The third-order valence-corrected chi connectivity index (χ3v) is 4.75. The Labute approximate surface area is 139 Å². The second-order valence-corrected chi connectivity index (χ2v) is 6.28. The first-order chi connectivity index (χ1) is 11.6. The van der Waals surface area contributed by atoms with Crippen LogP contribution < -0.4 is 11.2 Å². The van der Waals surface area contributed by atoms with Gasteiger partial charge in [-0.3, -0.25) is 4.79 Å². The van der Waals surface area contributed by atoms with E-state index in [1.54, 1.807) is 6.07 Å². The van der Waals surface area contributed by atoms with Crippen LogP contribution in [0.25, 0.3) is 21.8 Å². The Bertz CT molecular complexity index is 1130. The summed E-state index contributed by atoms with van der Waals surface area (Å²) in [6.07, 6.45) is 0.585. The number of rotatable bonds is 2. The zero-order valence-electron chi connectivity index (χ0n) is 13.7. The maximum atomic E-state index is 13.0. The zero-order valence-corrected chi connectivity index (χ0v) is 13.7. The molecule has 0 saturated carbocycles. The topological polar surface area (TPSA) is 74.7 Å². The van der Waals surface area contributed by atoms with Crippen molar-refractivity contribution in [1.29, 1.82) is 0 Å². The van der Waals surface area contributed by atoms with Gasteiger partial charge in [-0.2, -0.15) is 0 Å². The van der Waals surface area contributed by atoms with Gasteiger partial charge in [-0.05, 0) is 37.6 Å². The van der Waals surface area contributed by atoms with Crippen LogP contribution in [0.3, 0.4) is 0 Å². The monoisotopic (exact) mass is 317 g/mol. The summed E-state index contributed by atoms with van der Waals surface area (Å²) in [7, 11) is 0. The first-order valence-corrected chi connectivity index (χ1v) is 8.02. The third-order valence-electron chi connectivity index (χ3n) is 4.75. The molecule has 0 atom stereocenters. The van der Waals surface area contributed by atoms with Crippen molar-refractivity contribution < 1.29 is 0 Å². The van der Waals surface area contributed by atoms with Crippen molar-refractivity contribution in [2.45, 2.75) is 20.3 Å². The zero-order chi connectivity index (χ0) is 16.8. The van der Waals surface area contributed by atoms with E-state index in [9.17, 15) is 4.79 Å². The molecule has 0 unspecified atom stereocenters. The molecule has 2 heterocycles. The summed E-state index contributed by atoms with van der Waals surface area (Å²) in [5.41, 5.74) is 12.4. The summed E-state index contributed by atoms with van der Waals surface area (Å²) in [6.45, 7) is 4.00. The lowest BCUT2D eigenvalue weighted by Crippen LogP contribution is -2.15. The smallest absolute Gasteiger partial charge is 0.195 e. The Morgan fingerprint density at radius 3 is 2.38 bits per heavy atom. The summed E-state index contributed by atoms with van der Waals surface area (Å²) in [5, 5.41) is 1.74. The van der Waals surface area contributed by atoms with Crippen molar-refractivity contribution in [2.75, 3.05) is 5.73 Å². The second kappa shape index (κ2) is 5.27. The number of aromatic amines is 2. The van der Waals surface area contributed by atoms with Gasteiger partial charge in [0.2, 0.25) is 0 Å². The summed E-state index contributed by atoms with van der Waals surface area (Å²) in [4.78, 5) is 19.8. The number of hydrogen-bond donors (Lipinski definition) is 3. The van der Waals surface area contributed by atoms with E-state index < -0.39 is 0 Å². The van der Waals surface area contributed by atoms with E-state index in [1.165, 1.54) is 0 Å². The molecule has 4 N–H and O–H groups in total. The molecule has 0 bridgehead atoms. The standard InChI is InChI=1S/C20H19N3O/c1-11-14(13-6-3-4-8-17(13)22-11)10-15-12(2)23-18-9-5-7-16(21)19(18)20(15)24/h3-9,22H,10,21H2,1-2H3,(H,23,24). The minimum atomic E-state index is 0.0176. The van der Waals surface area contributed by atoms with Crippen LogP contribution >= 0.6 is 0 Å². The van der Waals surface area contributed by atoms with Crippen LogP contribution in [-0.4, -0.2) is 9.97 Å². The molecule has 4 rings (SSSR count). The van der Waals surface area contributed by atoms with Crippen molar-refractivity contribution in [3.8, 4) is 0 Å². The molecule has 2 aromatic heterocycles. The first kappa shape index (κ1) is 14.6. The van der Waals surface area contributed by atoms with Gasteiger partial charge in [0.05, 0.1) is 10.9 Å². The van der Waals surface area contributed by atoms with Gasteiger partial charge in [-0.25, -0.2) is 0 Å². The summed E-state index contributed by atoms with van der Waals surface area (Å²) in [5.74, 6) is 0. The largest absolute Gasteiger partial charge is 0.398 e. The molecule has 4 nitrogen and oxygen atoms in total. The average molecular weight is 317 g/mol. The molecule has 2 aromatic carbocycles. The normalized spacial score (nSPS) is 11.4. The van der Waals surface area contributed by atoms with Crippen LogP contribution in [0.5, 0.6) is 0 Å². The highest BCUT2D eigenvalue weighted by Gasteiger charge is 2.15. The van der Waals surface area contributed by atoms with Gasteiger partial charge in [0.1, 0.15) is 0 Å². The highest BCUT2D eigenvalue weighted by atomic mass is 16.1.